The van der Waals surface area contributed by atoms with Crippen LogP contribution >= 0.6 is 0 Å². The zero-order chi connectivity index (χ0) is 21.5. The highest BCUT2D eigenvalue weighted by atomic mass is 16.7. The van der Waals surface area contributed by atoms with Gasteiger partial charge in [0.25, 0.3) is 11.8 Å². The van der Waals surface area contributed by atoms with Crippen molar-refractivity contribution in [2.24, 2.45) is 11.8 Å². The molecule has 0 radical (unpaired) electrons. The van der Waals surface area contributed by atoms with E-state index >= 15 is 0 Å². The second-order valence-corrected chi connectivity index (χ2v) is 8.45. The van der Waals surface area contributed by atoms with Crippen LogP contribution in [0.3, 0.4) is 0 Å². The maximum absolute atomic E-state index is 12.9. The monoisotopic (exact) mass is 427 g/mol. The first-order chi connectivity index (χ1) is 15.0. The summed E-state index contributed by atoms with van der Waals surface area (Å²) in [6.07, 6.45) is 4.67. The van der Waals surface area contributed by atoms with Crippen LogP contribution in [0.25, 0.3) is 0 Å². The number of hydroxylamine groups is 4. The second kappa shape index (κ2) is 8.16. The molecule has 9 heteroatoms. The average molecular weight is 427 g/mol. The van der Waals surface area contributed by atoms with Crippen LogP contribution in [0.15, 0.2) is 42.5 Å². The third kappa shape index (κ3) is 3.57. The quantitative estimate of drug-likeness (QED) is 0.548. The maximum Gasteiger partial charge on any atom is 0.350 e. The van der Waals surface area contributed by atoms with E-state index in [2.05, 4.69) is 0 Å². The number of hydrogen-bond acceptors (Lipinski definition) is 8. The first-order valence-electron chi connectivity index (χ1n) is 10.7. The van der Waals surface area contributed by atoms with E-state index in [1.54, 1.807) is 4.90 Å². The number of allylic oxidation sites excluding steroid dienone is 2. The van der Waals surface area contributed by atoms with Crippen molar-refractivity contribution < 1.29 is 29.2 Å². The van der Waals surface area contributed by atoms with Crippen LogP contribution in [0.2, 0.25) is 0 Å². The Morgan fingerprint density at radius 2 is 1.71 bits per heavy atom. The fourth-order valence-corrected chi connectivity index (χ4v) is 4.93. The van der Waals surface area contributed by atoms with E-state index in [1.807, 2.05) is 42.5 Å². The number of fused-ring (bicyclic) bond motifs is 3. The van der Waals surface area contributed by atoms with Crippen molar-refractivity contribution >= 4 is 17.8 Å². The molecule has 3 fully saturated rings. The predicted molar refractivity (Wildman–Crippen MR) is 106 cm³/mol. The van der Waals surface area contributed by atoms with E-state index in [1.165, 1.54) is 5.06 Å². The van der Waals surface area contributed by atoms with Gasteiger partial charge in [-0.05, 0) is 31.2 Å². The van der Waals surface area contributed by atoms with Crippen molar-refractivity contribution in [1.82, 2.24) is 15.0 Å². The molecule has 1 aromatic carbocycles. The van der Waals surface area contributed by atoms with Crippen molar-refractivity contribution in [3.8, 4) is 0 Å². The van der Waals surface area contributed by atoms with Gasteiger partial charge >= 0.3 is 5.97 Å². The lowest BCUT2D eigenvalue weighted by molar-refractivity contribution is -0.266. The van der Waals surface area contributed by atoms with Crippen molar-refractivity contribution in [3.05, 3.63) is 48.0 Å². The Hall–Kier alpha value is -2.59. The van der Waals surface area contributed by atoms with Gasteiger partial charge in [-0.2, -0.15) is 0 Å². The minimum atomic E-state index is -1.11. The van der Waals surface area contributed by atoms with Crippen molar-refractivity contribution in [1.29, 1.82) is 0 Å². The summed E-state index contributed by atoms with van der Waals surface area (Å²) in [6.45, 7) is 0.748. The fourth-order valence-electron chi connectivity index (χ4n) is 4.93. The minimum absolute atomic E-state index is 0.0493. The van der Waals surface area contributed by atoms with Gasteiger partial charge in [0.1, 0.15) is 6.04 Å². The molecule has 0 spiro atoms. The number of piperidine rings is 1. The first-order valence-corrected chi connectivity index (χ1v) is 10.7. The van der Waals surface area contributed by atoms with E-state index in [0.717, 1.165) is 5.56 Å². The molecule has 1 N–H and O–H groups in total. The smallest absolute Gasteiger partial charge is 0.350 e. The molecule has 2 bridgehead atoms. The van der Waals surface area contributed by atoms with E-state index in [4.69, 9.17) is 9.68 Å². The number of nitrogens with zero attached hydrogens (tertiary/aromatic N) is 3. The molecule has 9 nitrogen and oxygen atoms in total. The number of carbonyl (C=O) groups excluding carboxylic acids is 3. The maximum atomic E-state index is 12.9. The van der Waals surface area contributed by atoms with Crippen molar-refractivity contribution in [3.63, 3.8) is 0 Å². The zero-order valence-corrected chi connectivity index (χ0v) is 17.0. The van der Waals surface area contributed by atoms with Crippen LogP contribution in [0, 0.1) is 11.8 Å². The number of aliphatic hydroxyl groups is 1. The van der Waals surface area contributed by atoms with Gasteiger partial charge < -0.3 is 9.94 Å². The molecule has 5 rings (SSSR count). The Labute approximate surface area is 179 Å². The summed E-state index contributed by atoms with van der Waals surface area (Å²) in [5, 5.41) is 12.9. The topological polar surface area (TPSA) is 99.6 Å². The number of benzene rings is 1. The van der Waals surface area contributed by atoms with Crippen molar-refractivity contribution in [2.75, 3.05) is 6.54 Å². The molecule has 3 aliphatic heterocycles. The molecule has 1 aliphatic carbocycles. The van der Waals surface area contributed by atoms with Gasteiger partial charge in [0.2, 0.25) is 0 Å². The van der Waals surface area contributed by atoms with Crippen LogP contribution in [0.5, 0.6) is 0 Å². The Morgan fingerprint density at radius 1 is 1.03 bits per heavy atom. The lowest BCUT2D eigenvalue weighted by Crippen LogP contribution is -2.50. The number of rotatable bonds is 5. The number of aliphatic hydroxyl groups excluding tert-OH is 1. The summed E-state index contributed by atoms with van der Waals surface area (Å²) in [6, 6.07) is 8.83. The zero-order valence-electron chi connectivity index (χ0n) is 17.0. The lowest BCUT2D eigenvalue weighted by Gasteiger charge is -2.30. The summed E-state index contributed by atoms with van der Waals surface area (Å²) in [4.78, 5) is 50.7. The molecular weight excluding hydrogens is 402 g/mol. The molecular formula is C22H25N3O6. The normalized spacial score (nSPS) is 34.8. The molecule has 0 saturated carbocycles. The van der Waals surface area contributed by atoms with Gasteiger partial charge in [-0.25, -0.2) is 9.69 Å². The predicted octanol–water partition coefficient (Wildman–Crippen LogP) is 0.952. The summed E-state index contributed by atoms with van der Waals surface area (Å²) < 4.78 is 0. The van der Waals surface area contributed by atoms with Crippen LogP contribution in [0.1, 0.15) is 31.2 Å². The third-order valence-electron chi connectivity index (χ3n) is 6.62. The summed E-state index contributed by atoms with van der Waals surface area (Å²) >= 11 is 0. The van der Waals surface area contributed by atoms with E-state index in [9.17, 15) is 19.5 Å². The van der Waals surface area contributed by atoms with E-state index < -0.39 is 42.0 Å². The minimum Gasteiger partial charge on any atom is -0.363 e. The molecule has 3 saturated heterocycles. The summed E-state index contributed by atoms with van der Waals surface area (Å²) in [7, 11) is 0. The Bertz CT molecular complexity index is 880. The third-order valence-corrected chi connectivity index (χ3v) is 6.62. The lowest BCUT2D eigenvalue weighted by atomic mass is 9.85. The number of hydrogen-bond donors (Lipinski definition) is 1. The van der Waals surface area contributed by atoms with Gasteiger partial charge in [0.05, 0.1) is 24.5 Å². The van der Waals surface area contributed by atoms with Gasteiger partial charge in [-0.15, -0.1) is 10.1 Å². The molecule has 31 heavy (non-hydrogen) atoms. The van der Waals surface area contributed by atoms with Gasteiger partial charge in [0.15, 0.2) is 6.35 Å². The van der Waals surface area contributed by atoms with Crippen LogP contribution in [-0.4, -0.2) is 62.9 Å². The molecule has 3 heterocycles. The second-order valence-electron chi connectivity index (χ2n) is 8.45. The number of amides is 2. The van der Waals surface area contributed by atoms with Gasteiger partial charge in [-0.1, -0.05) is 42.5 Å². The fraction of sp³-hybridized carbons (Fsp3) is 0.500. The van der Waals surface area contributed by atoms with E-state index in [0.29, 0.717) is 43.9 Å². The standard InChI is InChI=1S/C22H25N3O6/c26-19-16-8-4-5-9-17(16)20(27)25(19)31-21(28)18-11-10-15-12-23(18)22(29)24(15)30-13-14-6-2-1-3-7-14/h1-7,15-18,22,29H,8-13H2/t15?,16?,17?,18-,22?/m0/s1. The van der Waals surface area contributed by atoms with Gasteiger partial charge in [0, 0.05) is 6.54 Å². The first kappa shape index (κ1) is 20.3. The molecule has 1 aromatic rings. The average Bonchev–Trinajstić information content (AvgIpc) is 3.18. The Kier molecular flexibility index (Phi) is 5.35. The molecule has 2 amide bonds. The van der Waals surface area contributed by atoms with Crippen LogP contribution in [0.4, 0.5) is 0 Å². The molecule has 0 aromatic heterocycles. The summed E-state index contributed by atoms with van der Waals surface area (Å²) in [5.41, 5.74) is 0.976. The van der Waals surface area contributed by atoms with Crippen molar-refractivity contribution in [2.45, 2.75) is 50.7 Å². The summed E-state index contributed by atoms with van der Waals surface area (Å²) in [5.74, 6) is -2.54. The van der Waals surface area contributed by atoms with Crippen LogP contribution < -0.4 is 0 Å². The Balaban J connectivity index is 1.22. The highest BCUT2D eigenvalue weighted by Gasteiger charge is 2.53. The SMILES string of the molecule is O=C(ON1C(=O)C2CC=CCC2C1=O)[C@@H]1CCC2CN1C(O)N2OCc1ccccc1. The molecule has 4 aliphatic rings. The van der Waals surface area contributed by atoms with E-state index in [-0.39, 0.29) is 6.04 Å². The highest BCUT2D eigenvalue weighted by Crippen LogP contribution is 2.37. The Morgan fingerprint density at radius 3 is 2.39 bits per heavy atom. The molecule has 164 valence electrons. The highest BCUT2D eigenvalue weighted by molar-refractivity contribution is 6.05. The largest absolute Gasteiger partial charge is 0.363 e. The van der Waals surface area contributed by atoms with Gasteiger partial charge in [-0.3, -0.25) is 14.4 Å². The molecule has 5 unspecified atom stereocenters. The van der Waals surface area contributed by atoms with Crippen LogP contribution in [-0.2, 0) is 30.7 Å². The number of imide groups is 1. The molecule has 6 atom stereocenters. The number of carbonyl (C=O) groups is 3.